The first-order chi connectivity index (χ1) is 16.1. The molecule has 0 unspecified atom stereocenters. The van der Waals surface area contributed by atoms with Gasteiger partial charge in [-0.25, -0.2) is 4.79 Å². The number of hydrogen-bond donors (Lipinski definition) is 1. The zero-order chi connectivity index (χ0) is 23.0. The van der Waals surface area contributed by atoms with Crippen molar-refractivity contribution >= 4 is 33.5 Å². The first-order valence-corrected chi connectivity index (χ1v) is 11.0. The fraction of sp³-hybridized carbons (Fsp3) is 0.0370. The summed E-state index contributed by atoms with van der Waals surface area (Å²) in [6.07, 6.45) is 0. The second-order valence-electron chi connectivity index (χ2n) is 7.15. The highest BCUT2D eigenvalue weighted by molar-refractivity contribution is 9.10. The van der Waals surface area contributed by atoms with Gasteiger partial charge in [0.1, 0.15) is 18.1 Å². The van der Waals surface area contributed by atoms with Crippen molar-refractivity contribution in [2.75, 3.05) is 5.32 Å². The molecule has 0 heterocycles. The van der Waals surface area contributed by atoms with Crippen LogP contribution in [0.25, 0.3) is 0 Å². The van der Waals surface area contributed by atoms with Crippen molar-refractivity contribution in [3.63, 3.8) is 0 Å². The number of carbonyl (C=O) groups is 2. The van der Waals surface area contributed by atoms with E-state index in [9.17, 15) is 9.59 Å². The summed E-state index contributed by atoms with van der Waals surface area (Å²) in [5.41, 5.74) is 2.22. The van der Waals surface area contributed by atoms with Crippen molar-refractivity contribution in [2.45, 2.75) is 6.61 Å². The number of ether oxygens (including phenoxy) is 2. The van der Waals surface area contributed by atoms with Crippen LogP contribution in [-0.2, 0) is 6.61 Å². The molecule has 0 aromatic heterocycles. The van der Waals surface area contributed by atoms with E-state index in [-0.39, 0.29) is 17.2 Å². The lowest BCUT2D eigenvalue weighted by Crippen LogP contribution is -2.16. The van der Waals surface area contributed by atoms with Gasteiger partial charge in [-0.2, -0.15) is 0 Å². The van der Waals surface area contributed by atoms with Gasteiger partial charge in [-0.05, 0) is 66.2 Å². The van der Waals surface area contributed by atoms with E-state index in [4.69, 9.17) is 9.47 Å². The Kier molecular flexibility index (Phi) is 7.17. The zero-order valence-corrected chi connectivity index (χ0v) is 19.1. The van der Waals surface area contributed by atoms with Gasteiger partial charge in [0.25, 0.3) is 5.91 Å². The third kappa shape index (κ3) is 6.08. The maximum atomic E-state index is 12.7. The monoisotopic (exact) mass is 501 g/mol. The smallest absolute Gasteiger partial charge is 0.343 e. The lowest BCUT2D eigenvalue weighted by Gasteiger charge is -2.11. The van der Waals surface area contributed by atoms with Gasteiger partial charge in [0.15, 0.2) is 0 Å². The van der Waals surface area contributed by atoms with Gasteiger partial charge in [0.05, 0.1) is 11.1 Å². The summed E-state index contributed by atoms with van der Waals surface area (Å²) in [6, 6.07) is 30.3. The zero-order valence-electron chi connectivity index (χ0n) is 17.5. The van der Waals surface area contributed by atoms with Gasteiger partial charge in [0, 0.05) is 10.2 Å². The highest BCUT2D eigenvalue weighted by atomic mass is 79.9. The van der Waals surface area contributed by atoms with Crippen LogP contribution < -0.4 is 14.8 Å². The van der Waals surface area contributed by atoms with Crippen molar-refractivity contribution in [1.29, 1.82) is 0 Å². The summed E-state index contributed by atoms with van der Waals surface area (Å²) in [7, 11) is 0. The summed E-state index contributed by atoms with van der Waals surface area (Å²) < 4.78 is 12.3. The van der Waals surface area contributed by atoms with E-state index in [0.29, 0.717) is 17.9 Å². The number of hydrogen-bond acceptors (Lipinski definition) is 4. The summed E-state index contributed by atoms with van der Waals surface area (Å²) in [6.45, 7) is 0.374. The minimum absolute atomic E-state index is 0.193. The van der Waals surface area contributed by atoms with Gasteiger partial charge >= 0.3 is 5.97 Å². The number of amides is 1. The average molecular weight is 502 g/mol. The van der Waals surface area contributed by atoms with Gasteiger partial charge in [0.2, 0.25) is 0 Å². The molecule has 0 saturated carbocycles. The molecule has 164 valence electrons. The molecule has 0 aliphatic rings. The summed E-state index contributed by atoms with van der Waals surface area (Å²) in [5.74, 6) is 0.0472. The Bertz CT molecular complexity index is 1240. The molecule has 6 heteroatoms. The van der Waals surface area contributed by atoms with Crippen LogP contribution in [0.1, 0.15) is 26.3 Å². The highest BCUT2D eigenvalue weighted by Gasteiger charge is 2.16. The van der Waals surface area contributed by atoms with E-state index in [2.05, 4.69) is 21.2 Å². The topological polar surface area (TPSA) is 64.6 Å². The second-order valence-corrected chi connectivity index (χ2v) is 8.06. The molecule has 0 atom stereocenters. The maximum absolute atomic E-state index is 12.7. The van der Waals surface area contributed by atoms with Crippen molar-refractivity contribution < 1.29 is 19.1 Å². The Hall–Kier alpha value is -3.90. The number of esters is 1. The molecule has 0 saturated heterocycles. The molecule has 1 N–H and O–H groups in total. The average Bonchev–Trinajstić information content (AvgIpc) is 2.85. The molecule has 4 rings (SSSR count). The van der Waals surface area contributed by atoms with Gasteiger partial charge < -0.3 is 14.8 Å². The molecule has 33 heavy (non-hydrogen) atoms. The van der Waals surface area contributed by atoms with Crippen LogP contribution in [-0.4, -0.2) is 11.9 Å². The minimum atomic E-state index is -0.546. The number of para-hydroxylation sites is 2. The normalized spacial score (nSPS) is 10.3. The fourth-order valence-corrected chi connectivity index (χ4v) is 3.32. The van der Waals surface area contributed by atoms with E-state index < -0.39 is 5.97 Å². The van der Waals surface area contributed by atoms with Crippen molar-refractivity contribution in [3.05, 3.63) is 124 Å². The van der Waals surface area contributed by atoms with Gasteiger partial charge in [-0.15, -0.1) is 0 Å². The van der Waals surface area contributed by atoms with Crippen LogP contribution in [0.15, 0.2) is 108 Å². The Labute approximate surface area is 200 Å². The SMILES string of the molecule is O=C(Oc1ccccc1C(=O)Nc1ccccc1)c1ccc(COc2ccc(Br)cc2)cc1. The number of benzene rings is 4. The predicted molar refractivity (Wildman–Crippen MR) is 131 cm³/mol. The van der Waals surface area contributed by atoms with Crippen LogP contribution in [0.3, 0.4) is 0 Å². The number of nitrogens with one attached hydrogen (secondary N) is 1. The fourth-order valence-electron chi connectivity index (χ4n) is 3.06. The van der Waals surface area contributed by atoms with E-state index >= 15 is 0 Å². The molecule has 0 radical (unpaired) electrons. The molecular weight excluding hydrogens is 482 g/mol. The Morgan fingerprint density at radius 1 is 0.758 bits per heavy atom. The first-order valence-electron chi connectivity index (χ1n) is 10.2. The molecular formula is C27H20BrNO4. The first kappa shape index (κ1) is 22.3. The quantitative estimate of drug-likeness (QED) is 0.232. The Balaban J connectivity index is 1.40. The van der Waals surface area contributed by atoms with Gasteiger partial charge in [-0.3, -0.25) is 4.79 Å². The molecule has 0 aliphatic carbocycles. The lowest BCUT2D eigenvalue weighted by atomic mass is 10.1. The molecule has 4 aromatic rings. The number of anilines is 1. The molecule has 0 aliphatic heterocycles. The van der Waals surface area contributed by atoms with Gasteiger partial charge in [-0.1, -0.05) is 58.4 Å². The largest absolute Gasteiger partial charge is 0.489 e. The summed E-state index contributed by atoms with van der Waals surface area (Å²) >= 11 is 3.39. The van der Waals surface area contributed by atoms with E-state index in [1.807, 2.05) is 54.6 Å². The summed E-state index contributed by atoms with van der Waals surface area (Å²) in [4.78, 5) is 25.4. The van der Waals surface area contributed by atoms with Crippen molar-refractivity contribution in [3.8, 4) is 11.5 Å². The second kappa shape index (κ2) is 10.6. The van der Waals surface area contributed by atoms with Crippen LogP contribution in [0.4, 0.5) is 5.69 Å². The van der Waals surface area contributed by atoms with Crippen LogP contribution in [0.5, 0.6) is 11.5 Å². The Morgan fingerprint density at radius 3 is 2.15 bits per heavy atom. The standard InChI is InChI=1S/C27H20BrNO4/c28-21-14-16-23(17-15-21)32-18-19-10-12-20(13-11-19)27(31)33-25-9-5-4-8-24(25)26(30)29-22-6-2-1-3-7-22/h1-17H,18H2,(H,29,30). The highest BCUT2D eigenvalue weighted by Crippen LogP contribution is 2.22. The molecule has 0 spiro atoms. The van der Waals surface area contributed by atoms with Crippen molar-refractivity contribution in [1.82, 2.24) is 0 Å². The van der Waals surface area contributed by atoms with Crippen LogP contribution in [0.2, 0.25) is 0 Å². The third-order valence-corrected chi connectivity index (χ3v) is 5.30. The predicted octanol–water partition coefficient (Wildman–Crippen LogP) is 6.50. The number of rotatable bonds is 7. The third-order valence-electron chi connectivity index (χ3n) is 4.77. The van der Waals surface area contributed by atoms with E-state index in [1.165, 1.54) is 0 Å². The maximum Gasteiger partial charge on any atom is 0.343 e. The minimum Gasteiger partial charge on any atom is -0.489 e. The van der Waals surface area contributed by atoms with Crippen molar-refractivity contribution in [2.24, 2.45) is 0 Å². The number of carbonyl (C=O) groups excluding carboxylic acids is 2. The van der Waals surface area contributed by atoms with E-state index in [0.717, 1.165) is 15.8 Å². The molecule has 4 aromatic carbocycles. The molecule has 5 nitrogen and oxygen atoms in total. The lowest BCUT2D eigenvalue weighted by molar-refractivity contribution is 0.0733. The Morgan fingerprint density at radius 2 is 1.42 bits per heavy atom. The number of halogens is 1. The van der Waals surface area contributed by atoms with Crippen LogP contribution in [0, 0.1) is 0 Å². The molecule has 1 amide bonds. The molecule has 0 fully saturated rings. The van der Waals surface area contributed by atoms with Crippen LogP contribution >= 0.6 is 15.9 Å². The molecule has 0 bridgehead atoms. The van der Waals surface area contributed by atoms with E-state index in [1.54, 1.807) is 48.5 Å². The summed E-state index contributed by atoms with van der Waals surface area (Å²) in [5, 5.41) is 2.80.